The number of phenols is 1. The van der Waals surface area contributed by atoms with Crippen LogP contribution in [0, 0.1) is 4.91 Å². The average molecular weight is 530 g/mol. The van der Waals surface area contributed by atoms with Crippen molar-refractivity contribution >= 4 is 16.8 Å². The molecule has 0 saturated heterocycles. The van der Waals surface area contributed by atoms with E-state index in [0.29, 0.717) is 53.0 Å². The minimum atomic E-state index is -0.796. The molecule has 0 aliphatic carbocycles. The van der Waals surface area contributed by atoms with Crippen LogP contribution in [0.1, 0.15) is 48.0 Å². The largest absolute Gasteiger partial charge is 0.506 e. The van der Waals surface area contributed by atoms with Crippen molar-refractivity contribution in [3.05, 3.63) is 111 Å². The first kappa shape index (κ1) is 27.7. The molecule has 39 heavy (non-hydrogen) atoms. The second kappa shape index (κ2) is 13.5. The first-order valence-corrected chi connectivity index (χ1v) is 12.9. The van der Waals surface area contributed by atoms with Gasteiger partial charge >= 0.3 is 0 Å². The van der Waals surface area contributed by atoms with Gasteiger partial charge in [-0.15, -0.1) is 4.91 Å². The Morgan fingerprint density at radius 3 is 2.54 bits per heavy atom. The number of nitrogens with one attached hydrogen (secondary N) is 2. The number of benzene rings is 3. The van der Waals surface area contributed by atoms with Gasteiger partial charge in [0.2, 0.25) is 5.56 Å². The Bertz CT molecular complexity index is 1470. The van der Waals surface area contributed by atoms with E-state index in [1.54, 1.807) is 42.5 Å². The van der Waals surface area contributed by atoms with E-state index in [2.05, 4.69) is 15.5 Å². The molecule has 0 aliphatic rings. The van der Waals surface area contributed by atoms with Crippen LogP contribution in [0.2, 0.25) is 0 Å². The lowest BCUT2D eigenvalue weighted by molar-refractivity contribution is -0.118. The third-order valence-electron chi connectivity index (χ3n) is 6.53. The molecule has 4 aromatic rings. The number of amides is 1. The lowest BCUT2D eigenvalue weighted by atomic mass is 9.90. The number of aliphatic hydroxyl groups excluding tert-OH is 1. The zero-order valence-corrected chi connectivity index (χ0v) is 21.4. The molecule has 9 heteroatoms. The molecule has 0 saturated carbocycles. The van der Waals surface area contributed by atoms with E-state index in [1.807, 2.05) is 24.3 Å². The van der Waals surface area contributed by atoms with Gasteiger partial charge in [-0.1, -0.05) is 48.5 Å². The van der Waals surface area contributed by atoms with Crippen LogP contribution < -0.4 is 15.6 Å². The fourth-order valence-electron chi connectivity index (χ4n) is 4.58. The number of fused-ring (bicyclic) bond motifs is 1. The maximum Gasteiger partial charge on any atom is 0.298 e. The fraction of sp³-hybridized carbons (Fsp3) is 0.267. The number of carbonyl (C=O) groups excluding carboxylic acids is 1. The summed E-state index contributed by atoms with van der Waals surface area (Å²) in [6, 6.07) is 22.3. The Labute approximate surface area is 225 Å². The molecule has 202 valence electrons. The first-order chi connectivity index (χ1) is 19.0. The minimum Gasteiger partial charge on any atom is -0.506 e. The van der Waals surface area contributed by atoms with Gasteiger partial charge in [0.25, 0.3) is 5.91 Å². The van der Waals surface area contributed by atoms with Crippen LogP contribution in [0.5, 0.6) is 11.5 Å². The van der Waals surface area contributed by atoms with Gasteiger partial charge < -0.3 is 25.3 Å². The zero-order chi connectivity index (χ0) is 27.6. The van der Waals surface area contributed by atoms with Crippen LogP contribution in [-0.2, 0) is 4.79 Å². The number of carbonyl (C=O) groups is 1. The van der Waals surface area contributed by atoms with E-state index >= 15 is 0 Å². The summed E-state index contributed by atoms with van der Waals surface area (Å²) < 4.78 is 5.88. The maximum atomic E-state index is 12.3. The number of ether oxygens (including phenoxy) is 1. The molecule has 4 rings (SSSR count). The highest BCUT2D eigenvalue weighted by molar-refractivity contribution is 5.88. The highest BCUT2D eigenvalue weighted by atomic mass is 16.5. The number of unbranched alkanes of at least 4 members (excludes halogenated alkanes) is 2. The summed E-state index contributed by atoms with van der Waals surface area (Å²) in [5.74, 6) is -0.932. The van der Waals surface area contributed by atoms with E-state index in [4.69, 9.17) is 4.74 Å². The number of aromatic nitrogens is 1. The lowest BCUT2D eigenvalue weighted by Gasteiger charge is -2.15. The molecular formula is C30H31N3O6. The third-order valence-corrected chi connectivity index (χ3v) is 6.53. The van der Waals surface area contributed by atoms with E-state index in [9.17, 15) is 24.7 Å². The Morgan fingerprint density at radius 2 is 1.74 bits per heavy atom. The number of aromatic hydroxyl groups is 1. The summed E-state index contributed by atoms with van der Waals surface area (Å²) >= 11 is 0. The van der Waals surface area contributed by atoms with Crippen molar-refractivity contribution in [2.24, 2.45) is 5.18 Å². The maximum absolute atomic E-state index is 12.3. The third kappa shape index (κ3) is 7.16. The monoisotopic (exact) mass is 529 g/mol. The van der Waals surface area contributed by atoms with Crippen molar-refractivity contribution < 1.29 is 19.7 Å². The molecule has 0 aliphatic heterocycles. The van der Waals surface area contributed by atoms with E-state index in [-0.39, 0.29) is 11.3 Å². The Balaban J connectivity index is 1.21. The van der Waals surface area contributed by atoms with Gasteiger partial charge in [-0.25, -0.2) is 0 Å². The van der Waals surface area contributed by atoms with Crippen molar-refractivity contribution in [3.8, 4) is 11.5 Å². The molecule has 1 heterocycles. The van der Waals surface area contributed by atoms with Crippen molar-refractivity contribution in [1.82, 2.24) is 10.3 Å². The number of aromatic amines is 1. The molecule has 1 aromatic heterocycles. The van der Waals surface area contributed by atoms with Gasteiger partial charge in [-0.2, -0.15) is 0 Å². The van der Waals surface area contributed by atoms with Crippen LogP contribution in [0.25, 0.3) is 10.9 Å². The summed E-state index contributed by atoms with van der Waals surface area (Å²) in [5.41, 5.74) is 1.97. The zero-order valence-electron chi connectivity index (χ0n) is 21.4. The fourth-order valence-corrected chi connectivity index (χ4v) is 4.58. The molecule has 3 aromatic carbocycles. The van der Waals surface area contributed by atoms with E-state index < -0.39 is 17.9 Å². The normalized spacial score (nSPS) is 12.6. The van der Waals surface area contributed by atoms with Gasteiger partial charge in [0, 0.05) is 23.2 Å². The predicted molar refractivity (Wildman–Crippen MR) is 149 cm³/mol. The van der Waals surface area contributed by atoms with E-state index in [0.717, 1.165) is 19.3 Å². The predicted octanol–water partition coefficient (Wildman–Crippen LogP) is 4.53. The summed E-state index contributed by atoms with van der Waals surface area (Å²) in [6.07, 6.45) is 1.82. The van der Waals surface area contributed by atoms with Gasteiger partial charge in [-0.3, -0.25) is 9.59 Å². The SMILES string of the molecule is O=NC(=O)C(c1ccccc1)c1cccc(OCCCCCNC[C@H](O)c2ccc(O)c3[nH]c(=O)ccc23)c1. The number of nitrogens with zero attached hydrogens (tertiary/aromatic N) is 1. The molecule has 4 N–H and O–H groups in total. The number of aliphatic hydroxyl groups is 1. The number of pyridine rings is 1. The summed E-state index contributed by atoms with van der Waals surface area (Å²) in [4.78, 5) is 37.4. The van der Waals surface area contributed by atoms with Crippen LogP contribution in [0.4, 0.5) is 0 Å². The molecule has 0 spiro atoms. The molecule has 9 nitrogen and oxygen atoms in total. The smallest absolute Gasteiger partial charge is 0.298 e. The second-order valence-corrected chi connectivity index (χ2v) is 9.26. The number of phenolic OH excluding ortho intramolecular Hbond substituents is 1. The number of hydrogen-bond donors (Lipinski definition) is 4. The summed E-state index contributed by atoms with van der Waals surface area (Å²) in [6.45, 7) is 1.54. The van der Waals surface area contributed by atoms with E-state index in [1.165, 1.54) is 12.1 Å². The van der Waals surface area contributed by atoms with Crippen molar-refractivity contribution in [2.45, 2.75) is 31.3 Å². The molecule has 2 atom stereocenters. The Morgan fingerprint density at radius 1 is 0.949 bits per heavy atom. The summed E-state index contributed by atoms with van der Waals surface area (Å²) in [7, 11) is 0. The number of H-pyrrole nitrogens is 1. The molecular weight excluding hydrogens is 498 g/mol. The van der Waals surface area contributed by atoms with Gasteiger partial charge in [-0.05, 0) is 66.8 Å². The Hall–Kier alpha value is -4.34. The molecule has 0 bridgehead atoms. The molecule has 0 fully saturated rings. The average Bonchev–Trinajstić information content (AvgIpc) is 2.95. The van der Waals surface area contributed by atoms with Crippen molar-refractivity contribution in [2.75, 3.05) is 19.7 Å². The molecule has 0 radical (unpaired) electrons. The van der Waals surface area contributed by atoms with Crippen LogP contribution in [-0.4, -0.2) is 40.8 Å². The molecule has 1 amide bonds. The summed E-state index contributed by atoms with van der Waals surface area (Å²) in [5, 5.41) is 27.1. The lowest BCUT2D eigenvalue weighted by Crippen LogP contribution is -2.23. The van der Waals surface area contributed by atoms with Crippen LogP contribution in [0.3, 0.4) is 0 Å². The van der Waals surface area contributed by atoms with Gasteiger partial charge in [0.05, 0.1) is 24.1 Å². The first-order valence-electron chi connectivity index (χ1n) is 12.9. The number of nitroso groups, excluding NO2 is 1. The minimum absolute atomic E-state index is 0.0389. The quantitative estimate of drug-likeness (QED) is 0.147. The topological polar surface area (TPSA) is 141 Å². The van der Waals surface area contributed by atoms with Crippen molar-refractivity contribution in [3.63, 3.8) is 0 Å². The van der Waals surface area contributed by atoms with Crippen LogP contribution >= 0.6 is 0 Å². The second-order valence-electron chi connectivity index (χ2n) is 9.26. The van der Waals surface area contributed by atoms with Crippen LogP contribution in [0.15, 0.2) is 88.8 Å². The standard InChI is InChI=1S/C30H31N3O6/c34-25-14-12-23(24-13-15-27(36)32-29(24)25)26(35)19-31-16-5-2-6-17-39-22-11-7-10-21(18-22)28(30(37)33-38)20-8-3-1-4-9-20/h1,3-4,7-15,18,26,28,31,34-35H,2,5-6,16-17,19H2,(H,32,36)/t26-,28?/m0/s1. The van der Waals surface area contributed by atoms with Crippen molar-refractivity contribution in [1.29, 1.82) is 0 Å². The molecule has 1 unspecified atom stereocenters. The highest BCUT2D eigenvalue weighted by Crippen LogP contribution is 2.30. The Kier molecular flexibility index (Phi) is 9.55. The van der Waals surface area contributed by atoms with Gasteiger partial charge in [0.1, 0.15) is 11.5 Å². The number of rotatable bonds is 13. The highest BCUT2D eigenvalue weighted by Gasteiger charge is 2.24. The van der Waals surface area contributed by atoms with Gasteiger partial charge in [0.15, 0.2) is 0 Å². The number of hydrogen-bond acceptors (Lipinski definition) is 7.